The largest absolute Gasteiger partial charge is 0.329 e. The van der Waals surface area contributed by atoms with E-state index in [4.69, 9.17) is 0 Å². The van der Waals surface area contributed by atoms with Gasteiger partial charge in [-0.05, 0) is 19.1 Å². The van der Waals surface area contributed by atoms with Gasteiger partial charge in [0.25, 0.3) is 0 Å². The summed E-state index contributed by atoms with van der Waals surface area (Å²) in [5, 5.41) is 12.1. The molecule has 0 aliphatic heterocycles. The maximum atomic E-state index is 12.5. The number of amides is 1. The van der Waals surface area contributed by atoms with Gasteiger partial charge in [-0.1, -0.05) is 37.3 Å². The summed E-state index contributed by atoms with van der Waals surface area (Å²) in [6.07, 6.45) is 0. The minimum absolute atomic E-state index is 0.0526. The van der Waals surface area contributed by atoms with Crippen LogP contribution >= 0.6 is 11.3 Å². The Balaban J connectivity index is 1.85. The van der Waals surface area contributed by atoms with Crippen LogP contribution < -0.4 is 11.0 Å². The molecule has 0 atom stereocenters. The highest BCUT2D eigenvalue weighted by Gasteiger charge is 2.16. The Bertz CT molecular complexity index is 937. The fourth-order valence-corrected chi connectivity index (χ4v) is 3.31. The summed E-state index contributed by atoms with van der Waals surface area (Å²) in [5.74, 6) is -0.0270. The Morgan fingerprint density at radius 1 is 1.21 bits per heavy atom. The average Bonchev–Trinajstić information content (AvgIpc) is 3.11. The SMILES string of the molecule is CCn1c(=O)n(CC(=O)Nc2nnc(C(C)C)s2)c2ccccc21. The number of imidazole rings is 1. The number of carbonyl (C=O) groups excluding carboxylic acids is 1. The Labute approximate surface area is 142 Å². The summed E-state index contributed by atoms with van der Waals surface area (Å²) in [6.45, 7) is 6.45. The molecule has 8 heteroatoms. The first-order chi connectivity index (χ1) is 11.5. The van der Waals surface area contributed by atoms with Gasteiger partial charge in [-0.15, -0.1) is 10.2 Å². The first kappa shape index (κ1) is 16.4. The molecule has 3 aromatic rings. The normalized spacial score (nSPS) is 11.3. The summed E-state index contributed by atoms with van der Waals surface area (Å²) in [4.78, 5) is 24.8. The molecule has 126 valence electrons. The number of hydrogen-bond donors (Lipinski definition) is 1. The molecule has 0 saturated carbocycles. The third-order valence-electron chi connectivity index (χ3n) is 3.72. The van der Waals surface area contributed by atoms with E-state index in [0.29, 0.717) is 11.7 Å². The Kier molecular flexibility index (Phi) is 4.48. The highest BCUT2D eigenvalue weighted by Crippen LogP contribution is 2.22. The van der Waals surface area contributed by atoms with E-state index in [0.717, 1.165) is 16.0 Å². The summed E-state index contributed by atoms with van der Waals surface area (Å²) < 4.78 is 3.14. The molecule has 3 rings (SSSR count). The van der Waals surface area contributed by atoms with E-state index < -0.39 is 0 Å². The number of para-hydroxylation sites is 2. The van der Waals surface area contributed by atoms with E-state index in [1.54, 1.807) is 4.57 Å². The zero-order chi connectivity index (χ0) is 17.3. The molecule has 24 heavy (non-hydrogen) atoms. The number of nitrogens with one attached hydrogen (secondary N) is 1. The fraction of sp³-hybridized carbons (Fsp3) is 0.375. The predicted molar refractivity (Wildman–Crippen MR) is 94.5 cm³/mol. The standard InChI is InChI=1S/C16H19N5O2S/c1-4-20-11-7-5-6-8-12(11)21(16(20)23)9-13(22)17-15-19-18-14(24-15)10(2)3/h5-8,10H,4,9H2,1-3H3,(H,17,19,22). The molecule has 1 amide bonds. The van der Waals surface area contributed by atoms with Gasteiger partial charge in [-0.25, -0.2) is 4.79 Å². The minimum Gasteiger partial charge on any atom is -0.299 e. The van der Waals surface area contributed by atoms with E-state index in [2.05, 4.69) is 15.5 Å². The summed E-state index contributed by atoms with van der Waals surface area (Å²) >= 11 is 1.35. The van der Waals surface area contributed by atoms with Gasteiger partial charge in [-0.2, -0.15) is 0 Å². The third kappa shape index (κ3) is 2.96. The molecule has 0 aliphatic carbocycles. The number of rotatable bonds is 5. The summed E-state index contributed by atoms with van der Waals surface area (Å²) in [7, 11) is 0. The minimum atomic E-state index is -0.289. The number of benzene rings is 1. The van der Waals surface area contributed by atoms with Crippen molar-refractivity contribution in [3.05, 3.63) is 39.8 Å². The number of fused-ring (bicyclic) bond motifs is 1. The molecule has 0 aliphatic rings. The van der Waals surface area contributed by atoms with Crippen molar-refractivity contribution in [1.29, 1.82) is 0 Å². The second-order valence-electron chi connectivity index (χ2n) is 5.75. The van der Waals surface area contributed by atoms with Crippen molar-refractivity contribution in [3.8, 4) is 0 Å². The lowest BCUT2D eigenvalue weighted by Gasteiger charge is -2.03. The molecule has 2 aromatic heterocycles. The summed E-state index contributed by atoms with van der Waals surface area (Å²) in [5.41, 5.74) is 1.39. The van der Waals surface area contributed by atoms with E-state index in [9.17, 15) is 9.59 Å². The van der Waals surface area contributed by atoms with Crippen molar-refractivity contribution in [1.82, 2.24) is 19.3 Å². The Morgan fingerprint density at radius 3 is 2.46 bits per heavy atom. The van der Waals surface area contributed by atoms with Gasteiger partial charge in [0.15, 0.2) is 0 Å². The zero-order valence-electron chi connectivity index (χ0n) is 13.8. The van der Waals surface area contributed by atoms with Crippen LogP contribution in [0.1, 0.15) is 31.7 Å². The van der Waals surface area contributed by atoms with Crippen LogP contribution in [0.15, 0.2) is 29.1 Å². The van der Waals surface area contributed by atoms with Gasteiger partial charge < -0.3 is 0 Å². The van der Waals surface area contributed by atoms with Crippen molar-refractivity contribution < 1.29 is 4.79 Å². The first-order valence-electron chi connectivity index (χ1n) is 7.82. The Hall–Kier alpha value is -2.48. The van der Waals surface area contributed by atoms with Gasteiger partial charge in [-0.3, -0.25) is 19.2 Å². The number of anilines is 1. The number of aromatic nitrogens is 4. The molecule has 1 aromatic carbocycles. The lowest BCUT2D eigenvalue weighted by atomic mass is 10.2. The van der Waals surface area contributed by atoms with Crippen LogP contribution in [0, 0.1) is 0 Å². The van der Waals surface area contributed by atoms with Crippen molar-refractivity contribution >= 4 is 33.4 Å². The molecule has 0 unspecified atom stereocenters. The third-order valence-corrected chi connectivity index (χ3v) is 4.86. The van der Waals surface area contributed by atoms with E-state index >= 15 is 0 Å². The second kappa shape index (κ2) is 6.56. The lowest BCUT2D eigenvalue weighted by molar-refractivity contribution is -0.116. The summed E-state index contributed by atoms with van der Waals surface area (Å²) in [6, 6.07) is 7.47. The smallest absolute Gasteiger partial charge is 0.299 e. The topological polar surface area (TPSA) is 81.8 Å². The molecule has 0 radical (unpaired) electrons. The van der Waals surface area contributed by atoms with Crippen LogP contribution in [0.4, 0.5) is 5.13 Å². The van der Waals surface area contributed by atoms with Gasteiger partial charge in [0.2, 0.25) is 11.0 Å². The van der Waals surface area contributed by atoms with Crippen LogP contribution in [0.5, 0.6) is 0 Å². The van der Waals surface area contributed by atoms with Crippen LogP contribution in [0.3, 0.4) is 0 Å². The number of nitrogens with zero attached hydrogens (tertiary/aromatic N) is 4. The van der Waals surface area contributed by atoms with E-state index in [-0.39, 0.29) is 24.1 Å². The molecule has 1 N–H and O–H groups in total. The van der Waals surface area contributed by atoms with Crippen LogP contribution in [-0.4, -0.2) is 25.2 Å². The highest BCUT2D eigenvalue weighted by molar-refractivity contribution is 7.15. The zero-order valence-corrected chi connectivity index (χ0v) is 14.6. The second-order valence-corrected chi connectivity index (χ2v) is 6.76. The van der Waals surface area contributed by atoms with Crippen LogP contribution in [-0.2, 0) is 17.9 Å². The molecule has 2 heterocycles. The monoisotopic (exact) mass is 345 g/mol. The molecule has 0 saturated heterocycles. The van der Waals surface area contributed by atoms with Crippen molar-refractivity contribution in [3.63, 3.8) is 0 Å². The lowest BCUT2D eigenvalue weighted by Crippen LogP contribution is -2.29. The molecular weight excluding hydrogens is 326 g/mol. The Morgan fingerprint density at radius 2 is 1.88 bits per heavy atom. The molecule has 0 fully saturated rings. The highest BCUT2D eigenvalue weighted by atomic mass is 32.1. The molecule has 7 nitrogen and oxygen atoms in total. The predicted octanol–water partition coefficient (Wildman–Crippen LogP) is 2.44. The number of hydrogen-bond acceptors (Lipinski definition) is 5. The molecular formula is C16H19N5O2S. The van der Waals surface area contributed by atoms with E-state index in [1.165, 1.54) is 15.9 Å². The molecule has 0 bridgehead atoms. The maximum absolute atomic E-state index is 12.5. The fourth-order valence-electron chi connectivity index (χ4n) is 2.55. The van der Waals surface area contributed by atoms with Crippen LogP contribution in [0.25, 0.3) is 11.0 Å². The first-order valence-corrected chi connectivity index (χ1v) is 8.64. The van der Waals surface area contributed by atoms with Crippen molar-refractivity contribution in [2.75, 3.05) is 5.32 Å². The van der Waals surface area contributed by atoms with E-state index in [1.807, 2.05) is 45.0 Å². The number of aryl methyl sites for hydroxylation is 1. The van der Waals surface area contributed by atoms with Gasteiger partial charge >= 0.3 is 5.69 Å². The maximum Gasteiger partial charge on any atom is 0.329 e. The van der Waals surface area contributed by atoms with Gasteiger partial charge in [0.05, 0.1) is 11.0 Å². The van der Waals surface area contributed by atoms with Crippen molar-refractivity contribution in [2.45, 2.75) is 39.8 Å². The number of carbonyl (C=O) groups is 1. The van der Waals surface area contributed by atoms with Gasteiger partial charge in [0, 0.05) is 12.5 Å². The van der Waals surface area contributed by atoms with Crippen molar-refractivity contribution in [2.24, 2.45) is 0 Å². The quantitative estimate of drug-likeness (QED) is 0.770. The molecule has 0 spiro atoms. The van der Waals surface area contributed by atoms with Crippen LogP contribution in [0.2, 0.25) is 0 Å². The average molecular weight is 345 g/mol. The van der Waals surface area contributed by atoms with Gasteiger partial charge in [0.1, 0.15) is 11.6 Å².